The number of benzene rings is 1. The lowest BCUT2D eigenvalue weighted by Crippen LogP contribution is -2.23. The summed E-state index contributed by atoms with van der Waals surface area (Å²) >= 11 is 0. The summed E-state index contributed by atoms with van der Waals surface area (Å²) in [4.78, 5) is 11.8. The molecule has 118 valence electrons. The van der Waals surface area contributed by atoms with Gasteiger partial charge in [-0.25, -0.2) is 0 Å². The van der Waals surface area contributed by atoms with Crippen LogP contribution >= 0.6 is 0 Å². The number of carbonyl (C=O) groups excluding carboxylic acids is 1. The molecule has 0 radical (unpaired) electrons. The van der Waals surface area contributed by atoms with Crippen molar-refractivity contribution in [3.63, 3.8) is 0 Å². The molecular formula is C16H26N2O2S. The number of hydrogen-bond donors (Lipinski definition) is 2. The Morgan fingerprint density at radius 1 is 1.38 bits per heavy atom. The number of amides is 1. The van der Waals surface area contributed by atoms with E-state index in [1.165, 1.54) is 0 Å². The van der Waals surface area contributed by atoms with Crippen molar-refractivity contribution >= 4 is 22.4 Å². The standard InChI is InChI=1S/C16H26N2O2S/c1-12(17)8-9-15(19)18-14-7-5-6-13(10-14)11-21(20)16(2,3)4/h5-7,10,12H,8-9,11,17H2,1-4H3,(H,18,19). The molecule has 0 heterocycles. The van der Waals surface area contributed by atoms with E-state index >= 15 is 0 Å². The highest BCUT2D eigenvalue weighted by Gasteiger charge is 2.19. The Morgan fingerprint density at radius 3 is 2.62 bits per heavy atom. The average molecular weight is 310 g/mol. The fourth-order valence-electron chi connectivity index (χ4n) is 1.69. The molecule has 0 saturated heterocycles. The molecule has 0 saturated carbocycles. The number of nitrogens with one attached hydrogen (secondary N) is 1. The van der Waals surface area contributed by atoms with Crippen molar-refractivity contribution in [1.82, 2.24) is 0 Å². The molecule has 0 bridgehead atoms. The summed E-state index contributed by atoms with van der Waals surface area (Å²) in [6.07, 6.45) is 1.08. The van der Waals surface area contributed by atoms with Crippen molar-refractivity contribution < 1.29 is 9.00 Å². The Hall–Kier alpha value is -1.20. The van der Waals surface area contributed by atoms with Gasteiger partial charge in [0.05, 0.1) is 0 Å². The van der Waals surface area contributed by atoms with Crippen LogP contribution in [0.15, 0.2) is 24.3 Å². The highest BCUT2D eigenvalue weighted by atomic mass is 32.2. The molecule has 0 aliphatic rings. The van der Waals surface area contributed by atoms with E-state index in [0.29, 0.717) is 18.6 Å². The summed E-state index contributed by atoms with van der Waals surface area (Å²) in [7, 11) is -0.948. The Bertz CT molecular complexity index is 507. The summed E-state index contributed by atoms with van der Waals surface area (Å²) in [5.41, 5.74) is 7.35. The number of carbonyl (C=O) groups is 1. The number of hydrogen-bond acceptors (Lipinski definition) is 3. The molecule has 21 heavy (non-hydrogen) atoms. The van der Waals surface area contributed by atoms with Crippen molar-refractivity contribution in [3.05, 3.63) is 29.8 Å². The smallest absolute Gasteiger partial charge is 0.224 e. The van der Waals surface area contributed by atoms with Crippen LogP contribution in [0.1, 0.15) is 46.1 Å². The summed E-state index contributed by atoms with van der Waals surface area (Å²) in [5.74, 6) is 0.453. The van der Waals surface area contributed by atoms with Gasteiger partial charge in [0.2, 0.25) is 5.91 Å². The van der Waals surface area contributed by atoms with Crippen LogP contribution in [-0.4, -0.2) is 20.9 Å². The molecule has 0 aliphatic heterocycles. The molecule has 1 amide bonds. The summed E-state index contributed by atoms with van der Waals surface area (Å²) in [6, 6.07) is 7.55. The van der Waals surface area contributed by atoms with Crippen LogP contribution in [0.2, 0.25) is 0 Å². The fourth-order valence-corrected chi connectivity index (χ4v) is 2.60. The second-order valence-electron chi connectivity index (χ2n) is 6.37. The zero-order valence-electron chi connectivity index (χ0n) is 13.3. The van der Waals surface area contributed by atoms with Gasteiger partial charge in [0.1, 0.15) is 0 Å². The predicted molar refractivity (Wildman–Crippen MR) is 89.6 cm³/mol. The van der Waals surface area contributed by atoms with Crippen LogP contribution in [0.3, 0.4) is 0 Å². The fraction of sp³-hybridized carbons (Fsp3) is 0.562. The van der Waals surface area contributed by atoms with Gasteiger partial charge in [0.15, 0.2) is 0 Å². The van der Waals surface area contributed by atoms with Crippen LogP contribution in [0.4, 0.5) is 5.69 Å². The molecule has 0 aliphatic carbocycles. The molecule has 0 aromatic heterocycles. The highest BCUT2D eigenvalue weighted by molar-refractivity contribution is 7.85. The summed E-state index contributed by atoms with van der Waals surface area (Å²) in [5, 5.41) is 2.86. The van der Waals surface area contributed by atoms with Crippen LogP contribution in [0.25, 0.3) is 0 Å². The zero-order valence-corrected chi connectivity index (χ0v) is 14.1. The van der Waals surface area contributed by atoms with Gasteiger partial charge in [-0.2, -0.15) is 0 Å². The normalized spacial score (nSPS) is 14.5. The van der Waals surface area contributed by atoms with Crippen molar-refractivity contribution in [1.29, 1.82) is 0 Å². The van der Waals surface area contributed by atoms with E-state index in [-0.39, 0.29) is 16.7 Å². The van der Waals surface area contributed by atoms with Crippen LogP contribution < -0.4 is 11.1 Å². The average Bonchev–Trinajstić information content (AvgIpc) is 2.35. The largest absolute Gasteiger partial charge is 0.328 e. The van der Waals surface area contributed by atoms with E-state index in [1.807, 2.05) is 52.0 Å². The second kappa shape index (κ2) is 7.71. The van der Waals surface area contributed by atoms with Crippen molar-refractivity contribution in [2.24, 2.45) is 5.73 Å². The van der Waals surface area contributed by atoms with Crippen LogP contribution in [-0.2, 0) is 21.3 Å². The predicted octanol–water partition coefficient (Wildman–Crippen LogP) is 2.80. The summed E-state index contributed by atoms with van der Waals surface area (Å²) < 4.78 is 11.9. The minimum atomic E-state index is -0.948. The van der Waals surface area contributed by atoms with Crippen molar-refractivity contribution in [2.75, 3.05) is 5.32 Å². The first kappa shape index (κ1) is 17.9. The molecule has 3 N–H and O–H groups in total. The molecule has 2 unspecified atom stereocenters. The number of rotatable bonds is 6. The molecule has 1 aromatic carbocycles. The lowest BCUT2D eigenvalue weighted by Gasteiger charge is -2.18. The minimum absolute atomic E-state index is 0.0243. The van der Waals surface area contributed by atoms with E-state index in [2.05, 4.69) is 5.32 Å². The molecule has 1 rings (SSSR count). The van der Waals surface area contributed by atoms with Crippen LogP contribution in [0.5, 0.6) is 0 Å². The second-order valence-corrected chi connectivity index (χ2v) is 8.57. The molecule has 0 fully saturated rings. The first-order valence-electron chi connectivity index (χ1n) is 7.21. The third-order valence-electron chi connectivity index (χ3n) is 3.02. The van der Waals surface area contributed by atoms with E-state index in [9.17, 15) is 9.00 Å². The minimum Gasteiger partial charge on any atom is -0.328 e. The molecule has 0 spiro atoms. The van der Waals surface area contributed by atoms with Crippen LogP contribution in [0, 0.1) is 0 Å². The lowest BCUT2D eigenvalue weighted by atomic mass is 10.2. The van der Waals surface area contributed by atoms with E-state index in [4.69, 9.17) is 5.73 Å². The Kier molecular flexibility index (Phi) is 6.55. The molecule has 2 atom stereocenters. The number of anilines is 1. The van der Waals surface area contributed by atoms with E-state index in [1.54, 1.807) is 0 Å². The first-order valence-corrected chi connectivity index (χ1v) is 8.53. The van der Waals surface area contributed by atoms with Gasteiger partial charge >= 0.3 is 0 Å². The maximum atomic E-state index is 12.2. The molecule has 4 nitrogen and oxygen atoms in total. The van der Waals surface area contributed by atoms with Gasteiger partial charge in [-0.05, 0) is 51.8 Å². The van der Waals surface area contributed by atoms with Crippen molar-refractivity contribution in [3.8, 4) is 0 Å². The zero-order chi connectivity index (χ0) is 16.0. The topological polar surface area (TPSA) is 72.2 Å². The third kappa shape index (κ3) is 6.87. The Labute approximate surface area is 130 Å². The maximum Gasteiger partial charge on any atom is 0.224 e. The monoisotopic (exact) mass is 310 g/mol. The van der Waals surface area contributed by atoms with Gasteiger partial charge in [-0.3, -0.25) is 9.00 Å². The molecular weight excluding hydrogens is 284 g/mol. The third-order valence-corrected chi connectivity index (χ3v) is 4.98. The van der Waals surface area contributed by atoms with E-state index in [0.717, 1.165) is 11.3 Å². The first-order chi connectivity index (χ1) is 9.68. The highest BCUT2D eigenvalue weighted by Crippen LogP contribution is 2.18. The van der Waals surface area contributed by atoms with E-state index < -0.39 is 10.8 Å². The molecule has 1 aromatic rings. The number of nitrogens with two attached hydrogens (primary N) is 1. The van der Waals surface area contributed by atoms with Gasteiger partial charge in [0, 0.05) is 39.4 Å². The Balaban J connectivity index is 2.64. The van der Waals surface area contributed by atoms with Gasteiger partial charge in [-0.15, -0.1) is 0 Å². The maximum absolute atomic E-state index is 12.2. The Morgan fingerprint density at radius 2 is 2.05 bits per heavy atom. The summed E-state index contributed by atoms with van der Waals surface area (Å²) in [6.45, 7) is 7.77. The van der Waals surface area contributed by atoms with Crippen molar-refractivity contribution in [2.45, 2.75) is 57.1 Å². The van der Waals surface area contributed by atoms with Gasteiger partial charge in [0.25, 0.3) is 0 Å². The van der Waals surface area contributed by atoms with Gasteiger partial charge < -0.3 is 11.1 Å². The quantitative estimate of drug-likeness (QED) is 0.848. The SMILES string of the molecule is CC(N)CCC(=O)Nc1cccc(CS(=O)C(C)(C)C)c1. The lowest BCUT2D eigenvalue weighted by molar-refractivity contribution is -0.116. The van der Waals surface area contributed by atoms with Gasteiger partial charge in [-0.1, -0.05) is 12.1 Å². The molecule has 5 heteroatoms.